The molecule has 3 heteroatoms. The van der Waals surface area contributed by atoms with Gasteiger partial charge in [0.25, 0.3) is 0 Å². The van der Waals surface area contributed by atoms with Gasteiger partial charge in [0.15, 0.2) is 0 Å². The van der Waals surface area contributed by atoms with E-state index in [-0.39, 0.29) is 0 Å². The third-order valence-electron chi connectivity index (χ3n) is 4.71. The zero-order chi connectivity index (χ0) is 15.5. The van der Waals surface area contributed by atoms with E-state index in [1.54, 1.807) is 0 Å². The fourth-order valence-electron chi connectivity index (χ4n) is 3.55. The Morgan fingerprint density at radius 3 is 1.48 bits per heavy atom. The van der Waals surface area contributed by atoms with Gasteiger partial charge in [-0.25, -0.2) is 0 Å². The third kappa shape index (κ3) is 3.92. The second-order valence-corrected chi connectivity index (χ2v) is 11.8. The summed E-state index contributed by atoms with van der Waals surface area (Å²) in [6.07, 6.45) is 6.33. The van der Waals surface area contributed by atoms with Gasteiger partial charge >= 0.3 is 152 Å². The van der Waals surface area contributed by atoms with Crippen molar-refractivity contribution >= 4 is 38.8 Å². The molecule has 0 radical (unpaired) electrons. The Morgan fingerprint density at radius 2 is 1.04 bits per heavy atom. The molecule has 0 aliphatic carbocycles. The first-order chi connectivity index (χ1) is 11.4. The summed E-state index contributed by atoms with van der Waals surface area (Å²) in [5.74, 6) is 0. The van der Waals surface area contributed by atoms with Crippen LogP contribution in [0.5, 0.6) is 0 Å². The Balaban J connectivity index is 1.44. The first-order valence-corrected chi connectivity index (χ1v) is 12.2. The van der Waals surface area contributed by atoms with Gasteiger partial charge in [-0.2, -0.15) is 0 Å². The molecule has 4 unspecified atom stereocenters. The molecule has 2 bridgehead atoms. The van der Waals surface area contributed by atoms with Crippen molar-refractivity contribution in [1.29, 1.82) is 0 Å². The summed E-state index contributed by atoms with van der Waals surface area (Å²) < 4.78 is 9.59. The van der Waals surface area contributed by atoms with E-state index >= 15 is 0 Å². The van der Waals surface area contributed by atoms with Crippen LogP contribution >= 0.6 is 0 Å². The Labute approximate surface area is 151 Å². The van der Waals surface area contributed by atoms with Crippen LogP contribution in [-0.2, 0) is 4.74 Å². The second-order valence-electron chi connectivity index (χ2n) is 6.31. The maximum absolute atomic E-state index is 6.52. The van der Waals surface area contributed by atoms with E-state index in [0.29, 0.717) is 42.1 Å². The first-order valence-electron chi connectivity index (χ1n) is 8.47. The van der Waals surface area contributed by atoms with Gasteiger partial charge in [0, 0.05) is 0 Å². The first kappa shape index (κ1) is 15.9. The molecule has 2 aliphatic rings. The summed E-state index contributed by atoms with van der Waals surface area (Å²) >= 11 is 1.10. The summed E-state index contributed by atoms with van der Waals surface area (Å²) in [6.45, 7) is 0. The van der Waals surface area contributed by atoms with Crippen LogP contribution in [0.2, 0.25) is 9.63 Å². The van der Waals surface area contributed by atoms with Crippen LogP contribution in [0.25, 0.3) is 0 Å². The molecule has 2 saturated heterocycles. The van der Waals surface area contributed by atoms with Crippen LogP contribution < -0.4 is 8.92 Å². The molecule has 4 rings (SSSR count). The number of fused-ring (bicyclic) bond motifs is 2. The van der Waals surface area contributed by atoms with E-state index in [2.05, 4.69) is 60.7 Å². The summed E-state index contributed by atoms with van der Waals surface area (Å²) in [7, 11) is 0. The van der Waals surface area contributed by atoms with Gasteiger partial charge in [0.05, 0.1) is 0 Å². The van der Waals surface area contributed by atoms with Crippen LogP contribution in [0.1, 0.15) is 25.7 Å². The molecule has 23 heavy (non-hydrogen) atoms. The molecule has 2 aromatic carbocycles. The molecule has 0 N–H and O–H groups in total. The van der Waals surface area contributed by atoms with E-state index in [1.165, 1.54) is 34.6 Å². The van der Waals surface area contributed by atoms with Gasteiger partial charge in [-0.3, -0.25) is 0 Å². The minimum atomic E-state index is 0.525. The van der Waals surface area contributed by atoms with Crippen LogP contribution in [0.4, 0.5) is 0 Å². The van der Waals surface area contributed by atoms with Gasteiger partial charge in [0.1, 0.15) is 0 Å². The van der Waals surface area contributed by atoms with Crippen molar-refractivity contribution in [2.45, 2.75) is 47.5 Å². The van der Waals surface area contributed by atoms with E-state index in [1.807, 2.05) is 0 Å². The van der Waals surface area contributed by atoms with Crippen LogP contribution in [0.3, 0.4) is 0 Å². The Morgan fingerprint density at radius 1 is 0.609 bits per heavy atom. The Kier molecular flexibility index (Phi) is 5.23. The van der Waals surface area contributed by atoms with Crippen molar-refractivity contribution in [1.82, 2.24) is 0 Å². The molecule has 2 fully saturated rings. The van der Waals surface area contributed by atoms with Crippen LogP contribution in [0.15, 0.2) is 60.7 Å². The average Bonchev–Trinajstić information content (AvgIpc) is 3.02. The number of hydrogen-bond acceptors (Lipinski definition) is 1. The van der Waals surface area contributed by atoms with Crippen LogP contribution in [-0.4, -0.2) is 42.1 Å². The fourth-order valence-corrected chi connectivity index (χ4v) is 8.88. The molecule has 1 nitrogen and oxygen atoms in total. The van der Waals surface area contributed by atoms with Gasteiger partial charge in [0.2, 0.25) is 0 Å². The van der Waals surface area contributed by atoms with Gasteiger partial charge in [-0.15, -0.1) is 0 Å². The van der Waals surface area contributed by atoms with E-state index in [0.717, 1.165) is 9.63 Å². The molecule has 2 heterocycles. The SMILES string of the molecule is c1ccc([Se]C2CCC([Se]c3ccccc3)C3CCC2O3)cc1. The summed E-state index contributed by atoms with van der Waals surface area (Å²) in [5.41, 5.74) is 0. The quantitative estimate of drug-likeness (QED) is 0.670. The zero-order valence-corrected chi connectivity index (χ0v) is 16.6. The molecule has 2 aromatic rings. The molecular weight excluding hydrogens is 414 g/mol. The molecule has 4 atom stereocenters. The molecular formula is C20H22OSe2. The summed E-state index contributed by atoms with van der Waals surface area (Å²) in [4.78, 5) is 1.54. The van der Waals surface area contributed by atoms with Crippen molar-refractivity contribution in [2.75, 3.05) is 0 Å². The van der Waals surface area contributed by atoms with Crippen molar-refractivity contribution in [2.24, 2.45) is 0 Å². The fraction of sp³-hybridized carbons (Fsp3) is 0.400. The molecule has 0 amide bonds. The van der Waals surface area contributed by atoms with E-state index in [9.17, 15) is 0 Å². The predicted octanol–water partition coefficient (Wildman–Crippen LogP) is 2.96. The maximum atomic E-state index is 6.52. The Bertz CT molecular complexity index is 561. The van der Waals surface area contributed by atoms with Gasteiger partial charge < -0.3 is 0 Å². The van der Waals surface area contributed by atoms with Crippen molar-refractivity contribution in [3.8, 4) is 0 Å². The molecule has 0 aromatic heterocycles. The van der Waals surface area contributed by atoms with Crippen LogP contribution in [0, 0.1) is 0 Å². The molecule has 0 saturated carbocycles. The molecule has 120 valence electrons. The topological polar surface area (TPSA) is 9.23 Å². The standard InChI is InChI=1S/C20H22OSe2/c1-3-7-15(8-4-1)22-19-13-14-20(18-12-11-17(19)21-18)23-16-9-5-2-6-10-16/h1-10,17-20H,11-14H2. The number of ether oxygens (including phenoxy) is 1. The zero-order valence-electron chi connectivity index (χ0n) is 13.1. The Hall–Kier alpha value is -0.561. The van der Waals surface area contributed by atoms with E-state index in [4.69, 9.17) is 4.74 Å². The van der Waals surface area contributed by atoms with Crippen molar-refractivity contribution < 1.29 is 4.74 Å². The molecule has 0 spiro atoms. The van der Waals surface area contributed by atoms with Gasteiger partial charge in [-0.05, 0) is 0 Å². The average molecular weight is 436 g/mol. The normalized spacial score (nSPS) is 30.1. The number of rotatable bonds is 4. The second kappa shape index (κ2) is 7.55. The predicted molar refractivity (Wildman–Crippen MR) is 98.3 cm³/mol. The van der Waals surface area contributed by atoms with Gasteiger partial charge in [-0.1, -0.05) is 0 Å². The van der Waals surface area contributed by atoms with Crippen molar-refractivity contribution in [3.05, 3.63) is 60.7 Å². The monoisotopic (exact) mass is 438 g/mol. The molecule has 2 aliphatic heterocycles. The minimum absolute atomic E-state index is 0.525. The summed E-state index contributed by atoms with van der Waals surface area (Å²) in [6, 6.07) is 22.1. The van der Waals surface area contributed by atoms with E-state index < -0.39 is 0 Å². The third-order valence-corrected chi connectivity index (χ3v) is 10.5. The van der Waals surface area contributed by atoms with Crippen molar-refractivity contribution in [3.63, 3.8) is 0 Å². The number of benzene rings is 2. The summed E-state index contributed by atoms with van der Waals surface area (Å²) in [5, 5.41) is 0. The number of hydrogen-bond donors (Lipinski definition) is 0.